The van der Waals surface area contributed by atoms with Crippen molar-refractivity contribution in [3.8, 4) is 0 Å². The monoisotopic (exact) mass is 341 g/mol. The Labute approximate surface area is 149 Å². The fraction of sp³-hybridized carbons (Fsp3) is 0.421. The van der Waals surface area contributed by atoms with Crippen LogP contribution in [0.5, 0.6) is 0 Å². The van der Waals surface area contributed by atoms with E-state index < -0.39 is 0 Å². The summed E-state index contributed by atoms with van der Waals surface area (Å²) in [5.41, 5.74) is 3.37. The van der Waals surface area contributed by atoms with Crippen molar-refractivity contribution in [1.29, 1.82) is 0 Å². The van der Waals surface area contributed by atoms with Crippen molar-refractivity contribution < 1.29 is 4.79 Å². The zero-order chi connectivity index (χ0) is 18.4. The van der Waals surface area contributed by atoms with Crippen molar-refractivity contribution in [2.75, 3.05) is 37.8 Å². The van der Waals surface area contributed by atoms with Crippen LogP contribution in [-0.4, -0.2) is 48.0 Å². The second kappa shape index (κ2) is 8.58. The van der Waals surface area contributed by atoms with Crippen LogP contribution in [-0.2, 0) is 0 Å². The van der Waals surface area contributed by atoms with Gasteiger partial charge in [0, 0.05) is 25.0 Å². The van der Waals surface area contributed by atoms with Crippen LogP contribution in [0.2, 0.25) is 0 Å². The first kappa shape index (κ1) is 18.9. The molecule has 0 bridgehead atoms. The van der Waals surface area contributed by atoms with E-state index in [9.17, 15) is 4.79 Å². The van der Waals surface area contributed by atoms with Crippen LogP contribution in [0.25, 0.3) is 0 Å². The maximum atomic E-state index is 12.6. The van der Waals surface area contributed by atoms with Gasteiger partial charge in [0.15, 0.2) is 0 Å². The molecule has 0 aliphatic carbocycles. The summed E-state index contributed by atoms with van der Waals surface area (Å²) in [5, 5.41) is 6.14. The van der Waals surface area contributed by atoms with E-state index in [1.165, 1.54) is 0 Å². The molecule has 0 saturated heterocycles. The number of carbonyl (C=O) groups is 1. The number of anilines is 2. The van der Waals surface area contributed by atoms with Gasteiger partial charge in [0.05, 0.1) is 0 Å². The lowest BCUT2D eigenvalue weighted by Crippen LogP contribution is -2.22. The number of aromatic nitrogens is 2. The summed E-state index contributed by atoms with van der Waals surface area (Å²) in [5.74, 6) is 0.557. The molecule has 0 spiro atoms. The van der Waals surface area contributed by atoms with E-state index in [-0.39, 0.29) is 5.91 Å². The molecule has 0 saturated carbocycles. The number of nitrogens with zero attached hydrogens (tertiary/aromatic N) is 3. The third-order valence-electron chi connectivity index (χ3n) is 3.90. The molecule has 134 valence electrons. The Balaban J connectivity index is 2.14. The van der Waals surface area contributed by atoms with Crippen molar-refractivity contribution in [2.45, 2.75) is 26.7 Å². The molecular formula is C19H27N5O. The molecule has 25 heavy (non-hydrogen) atoms. The molecule has 6 nitrogen and oxygen atoms in total. The van der Waals surface area contributed by atoms with Crippen LogP contribution in [0.1, 0.15) is 41.4 Å². The number of hydrogen-bond acceptors (Lipinski definition) is 5. The minimum absolute atomic E-state index is 0.228. The molecule has 0 atom stereocenters. The topological polar surface area (TPSA) is 70.2 Å². The van der Waals surface area contributed by atoms with Gasteiger partial charge in [0.25, 0.3) is 5.91 Å². The summed E-state index contributed by atoms with van der Waals surface area (Å²) in [6, 6.07) is 7.68. The van der Waals surface area contributed by atoms with Gasteiger partial charge in [-0.3, -0.25) is 4.79 Å². The SMILES string of the molecule is Cc1cccc(C(C)C)c1NC(=O)c1ccnc(NCCN(C)C)n1. The molecule has 0 unspecified atom stereocenters. The van der Waals surface area contributed by atoms with E-state index in [1.54, 1.807) is 12.3 Å². The third kappa shape index (κ3) is 5.26. The maximum Gasteiger partial charge on any atom is 0.274 e. The number of nitrogens with one attached hydrogen (secondary N) is 2. The zero-order valence-electron chi connectivity index (χ0n) is 15.6. The molecule has 1 aromatic heterocycles. The first-order chi connectivity index (χ1) is 11.9. The molecule has 0 aliphatic heterocycles. The van der Waals surface area contributed by atoms with E-state index in [2.05, 4.69) is 39.3 Å². The normalized spacial score (nSPS) is 11.0. The summed E-state index contributed by atoms with van der Waals surface area (Å²) in [7, 11) is 4.00. The molecule has 0 radical (unpaired) electrons. The van der Waals surface area contributed by atoms with Gasteiger partial charge in [0.1, 0.15) is 5.69 Å². The zero-order valence-corrected chi connectivity index (χ0v) is 15.6. The Morgan fingerprint density at radius 2 is 2.00 bits per heavy atom. The largest absolute Gasteiger partial charge is 0.353 e. The van der Waals surface area contributed by atoms with Crippen molar-refractivity contribution in [2.24, 2.45) is 0 Å². The molecule has 6 heteroatoms. The van der Waals surface area contributed by atoms with E-state index in [0.29, 0.717) is 24.1 Å². The Morgan fingerprint density at radius 1 is 1.24 bits per heavy atom. The number of aryl methyl sites for hydroxylation is 1. The van der Waals surface area contributed by atoms with E-state index in [0.717, 1.165) is 23.4 Å². The van der Waals surface area contributed by atoms with Crippen molar-refractivity contribution in [3.63, 3.8) is 0 Å². The lowest BCUT2D eigenvalue weighted by molar-refractivity contribution is 0.102. The highest BCUT2D eigenvalue weighted by Gasteiger charge is 2.14. The molecule has 2 aromatic rings. The number of carbonyl (C=O) groups excluding carboxylic acids is 1. The number of para-hydroxylation sites is 1. The van der Waals surface area contributed by atoms with Crippen LogP contribution in [0.15, 0.2) is 30.5 Å². The maximum absolute atomic E-state index is 12.6. The van der Waals surface area contributed by atoms with Gasteiger partial charge in [-0.2, -0.15) is 0 Å². The second-order valence-electron chi connectivity index (χ2n) is 6.64. The predicted octanol–water partition coefficient (Wildman–Crippen LogP) is 3.13. The Hall–Kier alpha value is -2.47. The molecule has 1 aromatic carbocycles. The van der Waals surface area contributed by atoms with Crippen LogP contribution < -0.4 is 10.6 Å². The summed E-state index contributed by atoms with van der Waals surface area (Å²) < 4.78 is 0. The Kier molecular flexibility index (Phi) is 6.47. The minimum Gasteiger partial charge on any atom is -0.353 e. The van der Waals surface area contributed by atoms with Gasteiger partial charge < -0.3 is 15.5 Å². The molecule has 1 amide bonds. The number of hydrogen-bond donors (Lipinski definition) is 2. The first-order valence-corrected chi connectivity index (χ1v) is 8.51. The molecule has 2 rings (SSSR count). The van der Waals surface area contributed by atoms with Crippen molar-refractivity contribution in [1.82, 2.24) is 14.9 Å². The van der Waals surface area contributed by atoms with E-state index in [4.69, 9.17) is 0 Å². The average molecular weight is 341 g/mol. The second-order valence-corrected chi connectivity index (χ2v) is 6.64. The number of benzene rings is 1. The van der Waals surface area contributed by atoms with Gasteiger partial charge in [-0.15, -0.1) is 0 Å². The Morgan fingerprint density at radius 3 is 2.68 bits per heavy atom. The van der Waals surface area contributed by atoms with Gasteiger partial charge in [-0.25, -0.2) is 9.97 Å². The average Bonchev–Trinajstić information content (AvgIpc) is 2.56. The lowest BCUT2D eigenvalue weighted by atomic mass is 9.98. The third-order valence-corrected chi connectivity index (χ3v) is 3.90. The minimum atomic E-state index is -0.228. The molecule has 2 N–H and O–H groups in total. The summed E-state index contributed by atoms with van der Waals surface area (Å²) >= 11 is 0. The van der Waals surface area contributed by atoms with Crippen molar-refractivity contribution in [3.05, 3.63) is 47.3 Å². The molecular weight excluding hydrogens is 314 g/mol. The number of likely N-dealkylation sites (N-methyl/N-ethyl adjacent to an activating group) is 1. The summed E-state index contributed by atoms with van der Waals surface area (Å²) in [6.45, 7) is 7.80. The van der Waals surface area contributed by atoms with Gasteiger partial charge in [-0.1, -0.05) is 32.0 Å². The predicted molar refractivity (Wildman–Crippen MR) is 102 cm³/mol. The summed E-state index contributed by atoms with van der Waals surface area (Å²) in [6.07, 6.45) is 1.60. The van der Waals surface area contributed by atoms with Crippen LogP contribution in [0.3, 0.4) is 0 Å². The Bertz CT molecular complexity index is 728. The van der Waals surface area contributed by atoms with Gasteiger partial charge in [0.2, 0.25) is 5.95 Å². The fourth-order valence-electron chi connectivity index (χ4n) is 2.48. The summed E-state index contributed by atoms with van der Waals surface area (Å²) in [4.78, 5) is 23.2. The molecule has 0 fully saturated rings. The van der Waals surface area contributed by atoms with Gasteiger partial charge >= 0.3 is 0 Å². The first-order valence-electron chi connectivity index (χ1n) is 8.51. The number of rotatable bonds is 7. The smallest absolute Gasteiger partial charge is 0.274 e. The fourth-order valence-corrected chi connectivity index (χ4v) is 2.48. The van der Waals surface area contributed by atoms with Crippen molar-refractivity contribution >= 4 is 17.5 Å². The highest BCUT2D eigenvalue weighted by Crippen LogP contribution is 2.27. The van der Waals surface area contributed by atoms with E-state index >= 15 is 0 Å². The molecule has 1 heterocycles. The standard InChI is InChI=1S/C19H27N5O/c1-13(2)15-8-6-7-14(3)17(15)23-18(25)16-9-10-20-19(22-16)21-11-12-24(4)5/h6-10,13H,11-12H2,1-5H3,(H,23,25)(H,20,21,22). The van der Waals surface area contributed by atoms with Crippen LogP contribution in [0.4, 0.5) is 11.6 Å². The quantitative estimate of drug-likeness (QED) is 0.810. The lowest BCUT2D eigenvalue weighted by Gasteiger charge is -2.16. The highest BCUT2D eigenvalue weighted by atomic mass is 16.1. The highest BCUT2D eigenvalue weighted by molar-refractivity contribution is 6.03. The van der Waals surface area contributed by atoms with Crippen LogP contribution in [0, 0.1) is 6.92 Å². The molecule has 0 aliphatic rings. The van der Waals surface area contributed by atoms with Gasteiger partial charge in [-0.05, 0) is 44.1 Å². The van der Waals surface area contributed by atoms with Crippen LogP contribution >= 0.6 is 0 Å². The number of amides is 1. The van der Waals surface area contributed by atoms with E-state index in [1.807, 2.05) is 39.2 Å².